The van der Waals surface area contributed by atoms with Crippen molar-refractivity contribution in [3.63, 3.8) is 0 Å². The molecule has 0 atom stereocenters. The molecule has 1 fully saturated rings. The van der Waals surface area contributed by atoms with Crippen LogP contribution in [0.25, 0.3) is 5.69 Å². The van der Waals surface area contributed by atoms with E-state index < -0.39 is 5.54 Å². The second kappa shape index (κ2) is 5.69. The van der Waals surface area contributed by atoms with Gasteiger partial charge in [0, 0.05) is 18.1 Å². The van der Waals surface area contributed by atoms with E-state index in [1.54, 1.807) is 10.9 Å². The molecule has 1 aliphatic carbocycles. The fourth-order valence-corrected chi connectivity index (χ4v) is 2.78. The van der Waals surface area contributed by atoms with Gasteiger partial charge in [-0.2, -0.15) is 5.10 Å². The Kier molecular flexibility index (Phi) is 3.75. The number of nitrogens with two attached hydrogens (primary N) is 1. The second-order valence-corrected chi connectivity index (χ2v) is 5.67. The molecule has 1 aromatic heterocycles. The van der Waals surface area contributed by atoms with Crippen molar-refractivity contribution in [1.82, 2.24) is 9.78 Å². The van der Waals surface area contributed by atoms with Crippen molar-refractivity contribution in [3.05, 3.63) is 42.7 Å². The van der Waals surface area contributed by atoms with Gasteiger partial charge in [-0.25, -0.2) is 4.68 Å². The molecule has 0 saturated heterocycles. The Bertz CT molecular complexity index is 598. The molecular formula is C16H20N4O. The first-order valence-corrected chi connectivity index (χ1v) is 7.38. The van der Waals surface area contributed by atoms with Crippen LogP contribution in [0.5, 0.6) is 0 Å². The van der Waals surface area contributed by atoms with Gasteiger partial charge >= 0.3 is 0 Å². The van der Waals surface area contributed by atoms with E-state index in [-0.39, 0.29) is 5.91 Å². The van der Waals surface area contributed by atoms with E-state index >= 15 is 0 Å². The first-order chi connectivity index (χ1) is 10.2. The highest BCUT2D eigenvalue weighted by atomic mass is 16.2. The topological polar surface area (TPSA) is 72.9 Å². The molecule has 1 aliphatic rings. The summed E-state index contributed by atoms with van der Waals surface area (Å²) < 4.78 is 1.77. The third-order valence-electron chi connectivity index (χ3n) is 4.09. The van der Waals surface area contributed by atoms with Gasteiger partial charge in [-0.3, -0.25) is 4.79 Å². The molecule has 0 radical (unpaired) electrons. The summed E-state index contributed by atoms with van der Waals surface area (Å²) in [6, 6.07) is 9.47. The first-order valence-electron chi connectivity index (χ1n) is 7.38. The summed E-state index contributed by atoms with van der Waals surface area (Å²) in [5, 5.41) is 7.10. The number of carbonyl (C=O) groups excluding carboxylic acids is 1. The number of aromatic nitrogens is 2. The summed E-state index contributed by atoms with van der Waals surface area (Å²) in [7, 11) is 0. The fourth-order valence-electron chi connectivity index (χ4n) is 2.78. The van der Waals surface area contributed by atoms with Gasteiger partial charge in [0.15, 0.2) is 0 Å². The molecule has 0 unspecified atom stereocenters. The third-order valence-corrected chi connectivity index (χ3v) is 4.09. The van der Waals surface area contributed by atoms with Crippen LogP contribution in [0.3, 0.4) is 0 Å². The normalized spacial score (nSPS) is 17.4. The summed E-state index contributed by atoms with van der Waals surface area (Å²) in [6.45, 7) is 0. The van der Waals surface area contributed by atoms with E-state index in [1.807, 2.05) is 36.5 Å². The predicted octanol–water partition coefficient (Wildman–Crippen LogP) is 2.47. The highest BCUT2D eigenvalue weighted by Crippen LogP contribution is 2.27. The molecule has 0 aliphatic heterocycles. The number of benzene rings is 1. The van der Waals surface area contributed by atoms with Gasteiger partial charge in [-0.1, -0.05) is 19.3 Å². The minimum Gasteiger partial charge on any atom is -0.324 e. The van der Waals surface area contributed by atoms with Crippen molar-refractivity contribution in [1.29, 1.82) is 0 Å². The average Bonchev–Trinajstić information content (AvgIpc) is 3.03. The maximum atomic E-state index is 12.3. The minimum atomic E-state index is -0.709. The molecule has 0 bridgehead atoms. The van der Waals surface area contributed by atoms with Crippen LogP contribution in [0, 0.1) is 0 Å². The first kappa shape index (κ1) is 13.8. The molecule has 0 spiro atoms. The van der Waals surface area contributed by atoms with E-state index in [2.05, 4.69) is 10.4 Å². The quantitative estimate of drug-likeness (QED) is 0.909. The molecule has 1 amide bonds. The van der Waals surface area contributed by atoms with Crippen molar-refractivity contribution < 1.29 is 4.79 Å². The summed E-state index contributed by atoms with van der Waals surface area (Å²) in [5.41, 5.74) is 7.25. The van der Waals surface area contributed by atoms with Gasteiger partial charge < -0.3 is 11.1 Å². The molecule has 5 nitrogen and oxygen atoms in total. The highest BCUT2D eigenvalue weighted by molar-refractivity contribution is 5.98. The van der Waals surface area contributed by atoms with Gasteiger partial charge in [-0.05, 0) is 43.2 Å². The predicted molar refractivity (Wildman–Crippen MR) is 82.2 cm³/mol. The van der Waals surface area contributed by atoms with Crippen molar-refractivity contribution in [2.24, 2.45) is 5.73 Å². The maximum absolute atomic E-state index is 12.3. The number of hydrogen-bond acceptors (Lipinski definition) is 3. The molecular weight excluding hydrogens is 264 g/mol. The smallest absolute Gasteiger partial charge is 0.244 e. The zero-order valence-corrected chi connectivity index (χ0v) is 12.0. The standard InChI is InChI=1S/C16H20N4O/c17-16(9-2-1-3-10-16)15(21)19-13-5-7-14(8-6-13)20-12-4-11-18-20/h4-8,11-12H,1-3,9-10,17H2,(H,19,21). The molecule has 110 valence electrons. The fraction of sp³-hybridized carbons (Fsp3) is 0.375. The number of nitrogens with one attached hydrogen (secondary N) is 1. The van der Waals surface area contributed by atoms with Crippen LogP contribution in [0.1, 0.15) is 32.1 Å². The summed E-state index contributed by atoms with van der Waals surface area (Å²) in [5.74, 6) is -0.0750. The summed E-state index contributed by atoms with van der Waals surface area (Å²) >= 11 is 0. The van der Waals surface area contributed by atoms with Crippen LogP contribution in [-0.4, -0.2) is 21.2 Å². The monoisotopic (exact) mass is 284 g/mol. The van der Waals surface area contributed by atoms with E-state index in [4.69, 9.17) is 5.73 Å². The SMILES string of the molecule is NC1(C(=O)Nc2ccc(-n3cccn3)cc2)CCCCC1. The number of anilines is 1. The van der Waals surface area contributed by atoms with Crippen molar-refractivity contribution in [3.8, 4) is 5.69 Å². The van der Waals surface area contributed by atoms with E-state index in [9.17, 15) is 4.79 Å². The molecule has 3 N–H and O–H groups in total. The van der Waals surface area contributed by atoms with Gasteiger partial charge in [0.1, 0.15) is 0 Å². The van der Waals surface area contributed by atoms with Crippen molar-refractivity contribution in [2.75, 3.05) is 5.32 Å². The third kappa shape index (κ3) is 2.97. The van der Waals surface area contributed by atoms with E-state index in [0.29, 0.717) is 0 Å². The van der Waals surface area contributed by atoms with Gasteiger partial charge in [0.25, 0.3) is 0 Å². The summed E-state index contributed by atoms with van der Waals surface area (Å²) in [4.78, 5) is 12.3. The molecule has 3 rings (SSSR count). The average molecular weight is 284 g/mol. The van der Waals surface area contributed by atoms with Crippen LogP contribution in [0.15, 0.2) is 42.7 Å². The van der Waals surface area contributed by atoms with Crippen LogP contribution in [0.2, 0.25) is 0 Å². The zero-order valence-electron chi connectivity index (χ0n) is 12.0. The highest BCUT2D eigenvalue weighted by Gasteiger charge is 2.35. The summed E-state index contributed by atoms with van der Waals surface area (Å²) in [6.07, 6.45) is 8.38. The second-order valence-electron chi connectivity index (χ2n) is 5.67. The number of carbonyl (C=O) groups is 1. The van der Waals surface area contributed by atoms with Crippen LogP contribution in [0.4, 0.5) is 5.69 Å². The molecule has 21 heavy (non-hydrogen) atoms. The lowest BCUT2D eigenvalue weighted by Crippen LogP contribution is -2.52. The number of nitrogens with zero attached hydrogens (tertiary/aromatic N) is 2. The Labute approximate surface area is 124 Å². The Hall–Kier alpha value is -2.14. The van der Waals surface area contributed by atoms with Gasteiger partial charge in [0.05, 0.1) is 11.2 Å². The van der Waals surface area contributed by atoms with E-state index in [1.165, 1.54) is 6.42 Å². The van der Waals surface area contributed by atoms with E-state index in [0.717, 1.165) is 37.1 Å². The van der Waals surface area contributed by atoms with Crippen LogP contribution < -0.4 is 11.1 Å². The Morgan fingerprint density at radius 3 is 2.52 bits per heavy atom. The largest absolute Gasteiger partial charge is 0.324 e. The minimum absolute atomic E-state index is 0.0750. The van der Waals surface area contributed by atoms with Gasteiger partial charge in [0.2, 0.25) is 5.91 Å². The zero-order chi connectivity index (χ0) is 14.7. The maximum Gasteiger partial charge on any atom is 0.244 e. The van der Waals surface area contributed by atoms with Gasteiger partial charge in [-0.15, -0.1) is 0 Å². The number of rotatable bonds is 3. The number of hydrogen-bond donors (Lipinski definition) is 2. The van der Waals surface area contributed by atoms with Crippen LogP contribution in [-0.2, 0) is 4.79 Å². The van der Waals surface area contributed by atoms with Crippen molar-refractivity contribution >= 4 is 11.6 Å². The number of amides is 1. The lowest BCUT2D eigenvalue weighted by molar-refractivity contribution is -0.122. The molecule has 1 aromatic carbocycles. The Morgan fingerprint density at radius 1 is 1.19 bits per heavy atom. The molecule has 1 saturated carbocycles. The Balaban J connectivity index is 1.69. The van der Waals surface area contributed by atoms with Crippen molar-refractivity contribution in [2.45, 2.75) is 37.6 Å². The molecule has 1 heterocycles. The lowest BCUT2D eigenvalue weighted by atomic mass is 9.82. The Morgan fingerprint density at radius 2 is 1.90 bits per heavy atom. The molecule has 2 aromatic rings. The molecule has 5 heteroatoms. The lowest BCUT2D eigenvalue weighted by Gasteiger charge is -2.31. The van der Waals surface area contributed by atoms with Crippen LogP contribution >= 0.6 is 0 Å².